The van der Waals surface area contributed by atoms with Crippen molar-refractivity contribution in [3.63, 3.8) is 0 Å². The number of thioether (sulfide) groups is 1. The lowest BCUT2D eigenvalue weighted by molar-refractivity contribution is 0.302. The van der Waals surface area contributed by atoms with Gasteiger partial charge in [-0.2, -0.15) is 0 Å². The number of rotatable bonds is 6. The van der Waals surface area contributed by atoms with Crippen molar-refractivity contribution in [2.24, 2.45) is 5.73 Å². The highest BCUT2D eigenvalue weighted by atomic mass is 35.5. The lowest BCUT2D eigenvalue weighted by atomic mass is 10.3. The number of amidine groups is 1. The largest absolute Gasteiger partial charge is 0.487 e. The van der Waals surface area contributed by atoms with E-state index in [9.17, 15) is 0 Å². The number of thiophene rings is 1. The summed E-state index contributed by atoms with van der Waals surface area (Å²) in [5.74, 6) is 0.932. The number of aromatic nitrogens is 1. The van der Waals surface area contributed by atoms with E-state index in [0.717, 1.165) is 31.1 Å². The summed E-state index contributed by atoms with van der Waals surface area (Å²) in [5, 5.41) is 10.5. The van der Waals surface area contributed by atoms with Gasteiger partial charge in [-0.05, 0) is 24.5 Å². The molecule has 0 aliphatic rings. The van der Waals surface area contributed by atoms with Gasteiger partial charge >= 0.3 is 0 Å². The molecule has 0 saturated carbocycles. The Kier molecular flexibility index (Phi) is 6.68. The molecule has 8 heteroatoms. The van der Waals surface area contributed by atoms with Crippen LogP contribution in [-0.2, 0) is 6.61 Å². The van der Waals surface area contributed by atoms with Crippen molar-refractivity contribution in [3.05, 3.63) is 52.3 Å². The predicted molar refractivity (Wildman–Crippen MR) is 106 cm³/mol. The average Bonchev–Trinajstić information content (AvgIpc) is 3.20. The van der Waals surface area contributed by atoms with Crippen molar-refractivity contribution in [1.82, 2.24) is 4.98 Å². The summed E-state index contributed by atoms with van der Waals surface area (Å²) in [6.45, 7) is 0.443. The molecule has 2 aromatic heterocycles. The molecule has 0 bridgehead atoms. The van der Waals surface area contributed by atoms with Crippen molar-refractivity contribution < 1.29 is 4.74 Å². The summed E-state index contributed by atoms with van der Waals surface area (Å²) in [5.41, 5.74) is 7.54. The maximum absolute atomic E-state index is 7.59. The van der Waals surface area contributed by atoms with E-state index in [1.807, 2.05) is 48.0 Å². The summed E-state index contributed by atoms with van der Waals surface area (Å²) in [6, 6.07) is 11.6. The van der Waals surface area contributed by atoms with Gasteiger partial charge in [-0.25, -0.2) is 4.98 Å². The van der Waals surface area contributed by atoms with Crippen LogP contribution in [0.15, 0.2) is 46.0 Å². The predicted octanol–water partition coefficient (Wildman–Crippen LogP) is 4.88. The molecule has 0 saturated heterocycles. The summed E-state index contributed by atoms with van der Waals surface area (Å²) in [6.07, 6.45) is 2.02. The first kappa shape index (κ1) is 18.8. The number of nitrogens with two attached hydrogens (primary N) is 1. The lowest BCUT2D eigenvalue weighted by Crippen LogP contribution is -2.08. The molecule has 1 aromatic carbocycles. The second kappa shape index (κ2) is 8.53. The summed E-state index contributed by atoms with van der Waals surface area (Å²) < 4.78 is 6.85. The van der Waals surface area contributed by atoms with E-state index in [4.69, 9.17) is 15.9 Å². The zero-order valence-electron chi connectivity index (χ0n) is 12.8. The Morgan fingerprint density at radius 1 is 1.33 bits per heavy atom. The number of para-hydroxylation sites is 1. The number of halogens is 1. The van der Waals surface area contributed by atoms with E-state index in [2.05, 4.69) is 4.98 Å². The van der Waals surface area contributed by atoms with Crippen molar-refractivity contribution in [3.8, 4) is 16.3 Å². The third-order valence-corrected chi connectivity index (χ3v) is 6.29. The number of thiazole rings is 1. The first-order chi connectivity index (χ1) is 11.2. The second-order valence-corrected chi connectivity index (χ2v) is 7.66. The zero-order valence-corrected chi connectivity index (χ0v) is 16.1. The molecule has 126 valence electrons. The highest BCUT2D eigenvalue weighted by Crippen LogP contribution is 2.39. The first-order valence-corrected chi connectivity index (χ1v) is 9.74. The first-order valence-electron chi connectivity index (χ1n) is 6.82. The van der Waals surface area contributed by atoms with Gasteiger partial charge in [0.1, 0.15) is 23.2 Å². The molecule has 0 unspecified atom stereocenters. The number of ether oxygens (including phenoxy) is 1. The third-order valence-electron chi connectivity index (χ3n) is 3.06. The molecule has 0 spiro atoms. The van der Waals surface area contributed by atoms with Crippen molar-refractivity contribution in [1.29, 1.82) is 5.41 Å². The molecule has 0 amide bonds. The van der Waals surface area contributed by atoms with E-state index < -0.39 is 0 Å². The minimum absolute atomic E-state index is 0. The average molecular weight is 398 g/mol. The van der Waals surface area contributed by atoms with Gasteiger partial charge in [0, 0.05) is 10.9 Å². The number of nitrogen functional groups attached to an aromatic ring is 1. The standard InChI is InChI=1S/C16H15N3OS3.ClH/c1-21-16-12(7-13(23-16)14(17)18)15-19-10(9-22-15)8-20-11-5-3-2-4-6-11;/h2-7,9H,8H2,1H3,(H3,17,18);1H. The lowest BCUT2D eigenvalue weighted by Gasteiger charge is -2.02. The van der Waals surface area contributed by atoms with E-state index in [-0.39, 0.29) is 18.2 Å². The molecule has 3 rings (SSSR count). The van der Waals surface area contributed by atoms with Gasteiger partial charge in [-0.15, -0.1) is 46.8 Å². The summed E-state index contributed by atoms with van der Waals surface area (Å²) >= 11 is 4.76. The van der Waals surface area contributed by atoms with Crippen LogP contribution in [0.3, 0.4) is 0 Å². The van der Waals surface area contributed by atoms with Crippen LogP contribution in [0.25, 0.3) is 10.6 Å². The van der Waals surface area contributed by atoms with Gasteiger partial charge in [0.05, 0.1) is 14.8 Å². The highest BCUT2D eigenvalue weighted by molar-refractivity contribution is 8.00. The Balaban J connectivity index is 0.00000208. The van der Waals surface area contributed by atoms with Gasteiger partial charge in [-0.1, -0.05) is 18.2 Å². The Morgan fingerprint density at radius 3 is 2.75 bits per heavy atom. The SMILES string of the molecule is CSc1sc(C(=N)N)cc1-c1nc(COc2ccccc2)cs1.Cl. The van der Waals surface area contributed by atoms with Gasteiger partial charge in [0.25, 0.3) is 0 Å². The van der Waals surface area contributed by atoms with Crippen LogP contribution in [0, 0.1) is 5.41 Å². The topological polar surface area (TPSA) is 72.0 Å². The molecule has 0 atom stereocenters. The summed E-state index contributed by atoms with van der Waals surface area (Å²) in [7, 11) is 0. The van der Waals surface area contributed by atoms with Crippen molar-refractivity contribution in [2.45, 2.75) is 10.8 Å². The molecule has 0 aliphatic heterocycles. The van der Waals surface area contributed by atoms with E-state index in [0.29, 0.717) is 6.61 Å². The number of hydrogen-bond donors (Lipinski definition) is 2. The number of nitrogens with one attached hydrogen (secondary N) is 1. The number of benzene rings is 1. The van der Waals surface area contributed by atoms with E-state index in [1.165, 1.54) is 11.3 Å². The molecule has 24 heavy (non-hydrogen) atoms. The smallest absolute Gasteiger partial charge is 0.133 e. The third kappa shape index (κ3) is 4.30. The Morgan fingerprint density at radius 2 is 2.08 bits per heavy atom. The monoisotopic (exact) mass is 397 g/mol. The van der Waals surface area contributed by atoms with Crippen LogP contribution in [0.5, 0.6) is 5.75 Å². The molecule has 4 nitrogen and oxygen atoms in total. The molecule has 3 N–H and O–H groups in total. The van der Waals surface area contributed by atoms with E-state index in [1.54, 1.807) is 23.1 Å². The van der Waals surface area contributed by atoms with E-state index >= 15 is 0 Å². The second-order valence-electron chi connectivity index (χ2n) is 4.68. The van der Waals surface area contributed by atoms with Gasteiger partial charge in [-0.3, -0.25) is 5.41 Å². The Bertz CT molecular complexity index is 817. The molecular formula is C16H16ClN3OS3. The maximum Gasteiger partial charge on any atom is 0.133 e. The summed E-state index contributed by atoms with van der Waals surface area (Å²) in [4.78, 5) is 5.43. The van der Waals surface area contributed by atoms with Gasteiger partial charge < -0.3 is 10.5 Å². The van der Waals surface area contributed by atoms with Crippen molar-refractivity contribution >= 4 is 52.7 Å². The molecular weight excluding hydrogens is 382 g/mol. The molecule has 0 fully saturated rings. The highest BCUT2D eigenvalue weighted by Gasteiger charge is 2.15. The number of nitrogens with zero attached hydrogens (tertiary/aromatic N) is 1. The quantitative estimate of drug-likeness (QED) is 0.353. The Hall–Kier alpha value is -1.54. The fraction of sp³-hybridized carbons (Fsp3) is 0.125. The fourth-order valence-corrected chi connectivity index (χ4v) is 4.66. The molecule has 0 aliphatic carbocycles. The van der Waals surface area contributed by atoms with Gasteiger partial charge in [0.2, 0.25) is 0 Å². The normalized spacial score (nSPS) is 10.2. The Labute approximate surface area is 159 Å². The molecule has 0 radical (unpaired) electrons. The minimum atomic E-state index is 0. The zero-order chi connectivity index (χ0) is 16.2. The fourth-order valence-electron chi connectivity index (χ4n) is 1.98. The molecule has 2 heterocycles. The maximum atomic E-state index is 7.59. The number of hydrogen-bond acceptors (Lipinski definition) is 6. The van der Waals surface area contributed by atoms with Crippen LogP contribution < -0.4 is 10.5 Å². The van der Waals surface area contributed by atoms with Crippen LogP contribution in [0.4, 0.5) is 0 Å². The van der Waals surface area contributed by atoms with Gasteiger partial charge in [0.15, 0.2) is 0 Å². The van der Waals surface area contributed by atoms with Crippen LogP contribution >= 0.6 is 46.8 Å². The van der Waals surface area contributed by atoms with Crippen LogP contribution in [-0.4, -0.2) is 17.1 Å². The molecule has 3 aromatic rings. The van der Waals surface area contributed by atoms with Crippen molar-refractivity contribution in [2.75, 3.05) is 6.26 Å². The van der Waals surface area contributed by atoms with Crippen LogP contribution in [0.1, 0.15) is 10.6 Å². The minimum Gasteiger partial charge on any atom is -0.487 e. The van der Waals surface area contributed by atoms with Crippen LogP contribution in [0.2, 0.25) is 0 Å².